The molecule has 1 unspecified atom stereocenters. The van der Waals surface area contributed by atoms with Gasteiger partial charge in [-0.15, -0.1) is 0 Å². The molecule has 1 aliphatic carbocycles. The van der Waals surface area contributed by atoms with E-state index in [1.807, 2.05) is 12.2 Å². The van der Waals surface area contributed by atoms with Gasteiger partial charge >= 0.3 is 0 Å². The second kappa shape index (κ2) is 7.53. The van der Waals surface area contributed by atoms with Crippen molar-refractivity contribution in [3.05, 3.63) is 51.6 Å². The maximum atomic E-state index is 12.0. The summed E-state index contributed by atoms with van der Waals surface area (Å²) in [7, 11) is 0. The van der Waals surface area contributed by atoms with Gasteiger partial charge in [0.05, 0.1) is 11.5 Å². The average Bonchev–Trinajstić information content (AvgIpc) is 2.53. The highest BCUT2D eigenvalue weighted by Crippen LogP contribution is 2.18. The molecule has 0 saturated carbocycles. The molecule has 2 rings (SSSR count). The SMILES string of the molecule is Cc1cc(C(=O)NCC(=O)NC2C=CCCC2)ccc1[N+](=O)[O-]. The summed E-state index contributed by atoms with van der Waals surface area (Å²) < 4.78 is 0. The van der Waals surface area contributed by atoms with Crippen molar-refractivity contribution in [2.75, 3.05) is 6.54 Å². The van der Waals surface area contributed by atoms with Gasteiger partial charge in [-0.1, -0.05) is 12.2 Å². The number of aryl methyl sites for hydroxylation is 1. The number of nitro groups is 1. The molecule has 23 heavy (non-hydrogen) atoms. The highest BCUT2D eigenvalue weighted by Gasteiger charge is 2.15. The van der Waals surface area contributed by atoms with Crippen molar-refractivity contribution >= 4 is 17.5 Å². The van der Waals surface area contributed by atoms with Gasteiger partial charge in [-0.25, -0.2) is 0 Å². The number of carbonyl (C=O) groups is 2. The normalized spacial score (nSPS) is 16.7. The first kappa shape index (κ1) is 16.7. The summed E-state index contributed by atoms with van der Waals surface area (Å²) in [6, 6.07) is 4.13. The van der Waals surface area contributed by atoms with Gasteiger partial charge < -0.3 is 10.6 Å². The van der Waals surface area contributed by atoms with E-state index in [9.17, 15) is 19.7 Å². The van der Waals surface area contributed by atoms with Crippen molar-refractivity contribution in [1.29, 1.82) is 0 Å². The number of hydrogen-bond donors (Lipinski definition) is 2. The Hall–Kier alpha value is -2.70. The van der Waals surface area contributed by atoms with E-state index in [1.165, 1.54) is 18.2 Å². The molecule has 0 aliphatic heterocycles. The molecule has 7 heteroatoms. The van der Waals surface area contributed by atoms with Gasteiger partial charge in [-0.2, -0.15) is 0 Å². The minimum atomic E-state index is -0.498. The third-order valence-corrected chi connectivity index (χ3v) is 3.67. The zero-order chi connectivity index (χ0) is 16.8. The third-order valence-electron chi connectivity index (χ3n) is 3.67. The van der Waals surface area contributed by atoms with Crippen LogP contribution in [0.15, 0.2) is 30.4 Å². The van der Waals surface area contributed by atoms with Crippen molar-refractivity contribution in [3.8, 4) is 0 Å². The fourth-order valence-corrected chi connectivity index (χ4v) is 2.45. The van der Waals surface area contributed by atoms with Gasteiger partial charge in [0.1, 0.15) is 0 Å². The largest absolute Gasteiger partial charge is 0.348 e. The Labute approximate surface area is 133 Å². The molecule has 1 aromatic rings. The standard InChI is InChI=1S/C16H19N3O4/c1-11-9-12(7-8-14(11)19(22)23)16(21)17-10-15(20)18-13-5-3-2-4-6-13/h3,5,7-9,13H,2,4,6,10H2,1H3,(H,17,21)(H,18,20). The molecule has 1 atom stereocenters. The molecule has 0 radical (unpaired) electrons. The number of nitrogens with one attached hydrogen (secondary N) is 2. The summed E-state index contributed by atoms with van der Waals surface area (Å²) in [6.07, 6.45) is 6.96. The van der Waals surface area contributed by atoms with Gasteiger partial charge in [0.15, 0.2) is 0 Å². The molecule has 1 aromatic carbocycles. The highest BCUT2D eigenvalue weighted by molar-refractivity contribution is 5.96. The lowest BCUT2D eigenvalue weighted by molar-refractivity contribution is -0.385. The zero-order valence-electron chi connectivity index (χ0n) is 12.9. The van der Waals surface area contributed by atoms with E-state index in [2.05, 4.69) is 10.6 Å². The van der Waals surface area contributed by atoms with Crippen LogP contribution in [0.25, 0.3) is 0 Å². The van der Waals surface area contributed by atoms with Crippen LogP contribution in [0.5, 0.6) is 0 Å². The fourth-order valence-electron chi connectivity index (χ4n) is 2.45. The molecule has 0 bridgehead atoms. The Kier molecular flexibility index (Phi) is 5.46. The molecule has 0 spiro atoms. The monoisotopic (exact) mass is 317 g/mol. The number of allylic oxidation sites excluding steroid dienone is 1. The second-order valence-electron chi connectivity index (χ2n) is 5.47. The van der Waals surface area contributed by atoms with E-state index in [4.69, 9.17) is 0 Å². The lowest BCUT2D eigenvalue weighted by Gasteiger charge is -2.18. The lowest BCUT2D eigenvalue weighted by Crippen LogP contribution is -2.41. The molecule has 122 valence electrons. The molecular formula is C16H19N3O4. The van der Waals surface area contributed by atoms with Crippen molar-refractivity contribution < 1.29 is 14.5 Å². The molecule has 7 nitrogen and oxygen atoms in total. The van der Waals surface area contributed by atoms with Crippen LogP contribution in [0.1, 0.15) is 35.2 Å². The first-order valence-electron chi connectivity index (χ1n) is 7.46. The summed E-state index contributed by atoms with van der Waals surface area (Å²) in [5.41, 5.74) is 0.654. The number of hydrogen-bond acceptors (Lipinski definition) is 4. The third kappa shape index (κ3) is 4.64. The quantitative estimate of drug-likeness (QED) is 0.491. The Bertz CT molecular complexity index is 655. The van der Waals surface area contributed by atoms with Crippen LogP contribution in [0.2, 0.25) is 0 Å². The number of rotatable bonds is 5. The predicted octanol–water partition coefficient (Wildman–Crippen LogP) is 1.86. The topological polar surface area (TPSA) is 101 Å². The van der Waals surface area contributed by atoms with Crippen molar-refractivity contribution in [1.82, 2.24) is 10.6 Å². The fraction of sp³-hybridized carbons (Fsp3) is 0.375. The minimum Gasteiger partial charge on any atom is -0.348 e. The van der Waals surface area contributed by atoms with Gasteiger partial charge in [0.2, 0.25) is 5.91 Å². The van der Waals surface area contributed by atoms with Crippen LogP contribution in [0.3, 0.4) is 0 Å². The average molecular weight is 317 g/mol. The van der Waals surface area contributed by atoms with Crippen LogP contribution in [0, 0.1) is 17.0 Å². The molecule has 2 N–H and O–H groups in total. The molecule has 0 fully saturated rings. The van der Waals surface area contributed by atoms with Crippen LogP contribution < -0.4 is 10.6 Å². The Morgan fingerprint density at radius 1 is 1.39 bits per heavy atom. The second-order valence-corrected chi connectivity index (χ2v) is 5.47. The van der Waals surface area contributed by atoms with E-state index >= 15 is 0 Å². The number of nitrogens with zero attached hydrogens (tertiary/aromatic N) is 1. The number of nitro benzene ring substituents is 1. The van der Waals surface area contributed by atoms with Crippen molar-refractivity contribution in [3.63, 3.8) is 0 Å². The molecule has 2 amide bonds. The van der Waals surface area contributed by atoms with Gasteiger partial charge in [0, 0.05) is 23.2 Å². The lowest BCUT2D eigenvalue weighted by atomic mass is 10.0. The van der Waals surface area contributed by atoms with E-state index < -0.39 is 10.8 Å². The molecular weight excluding hydrogens is 298 g/mol. The van der Waals surface area contributed by atoms with Crippen molar-refractivity contribution in [2.24, 2.45) is 0 Å². The molecule has 0 heterocycles. The van der Waals surface area contributed by atoms with E-state index in [1.54, 1.807) is 6.92 Å². The molecule has 1 aliphatic rings. The summed E-state index contributed by atoms with van der Waals surface area (Å²) in [5.74, 6) is -0.689. The smallest absolute Gasteiger partial charge is 0.272 e. The van der Waals surface area contributed by atoms with Gasteiger partial charge in [-0.05, 0) is 38.3 Å². The van der Waals surface area contributed by atoms with Crippen LogP contribution >= 0.6 is 0 Å². The van der Waals surface area contributed by atoms with Gasteiger partial charge in [-0.3, -0.25) is 19.7 Å². The van der Waals surface area contributed by atoms with E-state index in [-0.39, 0.29) is 24.2 Å². The number of carbonyl (C=O) groups excluding carboxylic acids is 2. The van der Waals surface area contributed by atoms with Crippen molar-refractivity contribution in [2.45, 2.75) is 32.2 Å². The summed E-state index contributed by atoms with van der Waals surface area (Å²) in [5, 5.41) is 16.1. The van der Waals surface area contributed by atoms with Crippen LogP contribution in [0.4, 0.5) is 5.69 Å². The number of benzene rings is 1. The minimum absolute atomic E-state index is 0.0229. The predicted molar refractivity (Wildman–Crippen MR) is 85.1 cm³/mol. The highest BCUT2D eigenvalue weighted by atomic mass is 16.6. The maximum Gasteiger partial charge on any atom is 0.272 e. The first-order valence-corrected chi connectivity index (χ1v) is 7.46. The Morgan fingerprint density at radius 2 is 2.17 bits per heavy atom. The molecule has 0 aromatic heterocycles. The Morgan fingerprint density at radius 3 is 2.78 bits per heavy atom. The van der Waals surface area contributed by atoms with E-state index in [0.717, 1.165) is 19.3 Å². The summed E-state index contributed by atoms with van der Waals surface area (Å²) in [6.45, 7) is 1.44. The van der Waals surface area contributed by atoms with E-state index in [0.29, 0.717) is 11.1 Å². The Balaban J connectivity index is 1.88. The maximum absolute atomic E-state index is 12.0. The molecule has 0 saturated heterocycles. The summed E-state index contributed by atoms with van der Waals surface area (Å²) in [4.78, 5) is 34.1. The van der Waals surface area contributed by atoms with Crippen LogP contribution in [-0.4, -0.2) is 29.3 Å². The zero-order valence-corrected chi connectivity index (χ0v) is 12.9. The number of amides is 2. The first-order chi connectivity index (χ1) is 11.0. The van der Waals surface area contributed by atoms with Crippen LogP contribution in [-0.2, 0) is 4.79 Å². The summed E-state index contributed by atoms with van der Waals surface area (Å²) >= 11 is 0. The van der Waals surface area contributed by atoms with Gasteiger partial charge in [0.25, 0.3) is 11.6 Å².